The molecule has 31 heavy (non-hydrogen) atoms. The fourth-order valence-electron chi connectivity index (χ4n) is 2.88. The third-order valence-corrected chi connectivity index (χ3v) is 4.35. The summed E-state index contributed by atoms with van der Waals surface area (Å²) in [5, 5.41) is 10.4. The maximum Gasteiger partial charge on any atom is 0.416 e. The molecule has 0 saturated carbocycles. The van der Waals surface area contributed by atoms with Gasteiger partial charge in [0, 0.05) is 17.4 Å². The third kappa shape index (κ3) is 4.80. The molecule has 0 aliphatic rings. The summed E-state index contributed by atoms with van der Waals surface area (Å²) in [6, 6.07) is 11.6. The van der Waals surface area contributed by atoms with Crippen molar-refractivity contribution in [1.82, 2.24) is 19.9 Å². The summed E-state index contributed by atoms with van der Waals surface area (Å²) in [6.07, 6.45) is -1.09. The zero-order valence-electron chi connectivity index (χ0n) is 16.2. The number of hydrogen-bond acceptors (Lipinski definition) is 5. The average Bonchev–Trinajstić information content (AvgIpc) is 3.37. The second-order valence-corrected chi connectivity index (χ2v) is 6.83. The molecular formula is C21H16F3N5O2. The lowest BCUT2D eigenvalue weighted by Gasteiger charge is -2.09. The van der Waals surface area contributed by atoms with Crippen molar-refractivity contribution in [3.05, 3.63) is 77.9 Å². The summed E-state index contributed by atoms with van der Waals surface area (Å²) < 4.78 is 45.3. The van der Waals surface area contributed by atoms with Gasteiger partial charge >= 0.3 is 6.18 Å². The van der Waals surface area contributed by atoms with Crippen molar-refractivity contribution in [1.29, 1.82) is 0 Å². The molecule has 2 heterocycles. The van der Waals surface area contributed by atoms with E-state index in [-0.39, 0.29) is 23.8 Å². The highest BCUT2D eigenvalue weighted by molar-refractivity contribution is 5.91. The molecule has 0 fully saturated rings. The standard InChI is InChI=1S/C21H16F3N5O2/c1-13-11-25-29(12-13)17-7-5-14(6-8-17)20-27-18(28-31-20)10-19(30)26-16-4-2-3-15(9-16)21(22,23)24/h2-9,11-12H,10H2,1H3,(H,26,30). The highest BCUT2D eigenvalue weighted by atomic mass is 19.4. The van der Waals surface area contributed by atoms with Gasteiger partial charge in [0.1, 0.15) is 0 Å². The zero-order valence-corrected chi connectivity index (χ0v) is 16.2. The third-order valence-electron chi connectivity index (χ3n) is 4.35. The van der Waals surface area contributed by atoms with Crippen LogP contribution >= 0.6 is 0 Å². The molecule has 1 N–H and O–H groups in total. The van der Waals surface area contributed by atoms with E-state index >= 15 is 0 Å². The fraction of sp³-hybridized carbons (Fsp3) is 0.143. The fourth-order valence-corrected chi connectivity index (χ4v) is 2.88. The van der Waals surface area contributed by atoms with Crippen LogP contribution in [0.1, 0.15) is 17.0 Å². The van der Waals surface area contributed by atoms with Gasteiger partial charge in [-0.3, -0.25) is 4.79 Å². The molecule has 0 atom stereocenters. The number of nitrogens with zero attached hydrogens (tertiary/aromatic N) is 4. The predicted octanol–water partition coefficient (Wildman–Crippen LogP) is 4.43. The Kier molecular flexibility index (Phi) is 5.28. The van der Waals surface area contributed by atoms with Crippen molar-refractivity contribution in [3.8, 4) is 17.1 Å². The highest BCUT2D eigenvalue weighted by Crippen LogP contribution is 2.30. The van der Waals surface area contributed by atoms with Crippen LogP contribution in [0.4, 0.5) is 18.9 Å². The Balaban J connectivity index is 1.41. The van der Waals surface area contributed by atoms with Gasteiger partial charge in [-0.25, -0.2) is 4.68 Å². The van der Waals surface area contributed by atoms with Crippen LogP contribution in [0.3, 0.4) is 0 Å². The Bertz CT molecular complexity index is 1210. The number of hydrogen-bond donors (Lipinski definition) is 1. The van der Waals surface area contributed by atoms with Crippen LogP contribution in [0.25, 0.3) is 17.1 Å². The van der Waals surface area contributed by atoms with Gasteiger partial charge in [0.05, 0.1) is 23.9 Å². The Labute approximate surface area is 174 Å². The number of benzene rings is 2. The molecule has 0 spiro atoms. The molecule has 0 aliphatic carbocycles. The first-order valence-electron chi connectivity index (χ1n) is 9.20. The van der Waals surface area contributed by atoms with E-state index < -0.39 is 17.6 Å². The molecule has 1 amide bonds. The molecular weight excluding hydrogens is 411 g/mol. The van der Waals surface area contributed by atoms with Gasteiger partial charge in [-0.1, -0.05) is 11.2 Å². The summed E-state index contributed by atoms with van der Waals surface area (Å²) in [4.78, 5) is 16.4. The van der Waals surface area contributed by atoms with Gasteiger partial charge in [0.2, 0.25) is 5.91 Å². The Hall–Kier alpha value is -3.95. The van der Waals surface area contributed by atoms with E-state index in [1.165, 1.54) is 12.1 Å². The molecule has 4 aromatic rings. The van der Waals surface area contributed by atoms with E-state index in [2.05, 4.69) is 20.6 Å². The van der Waals surface area contributed by atoms with Gasteiger partial charge in [0.25, 0.3) is 5.89 Å². The van der Waals surface area contributed by atoms with Crippen molar-refractivity contribution in [2.24, 2.45) is 0 Å². The topological polar surface area (TPSA) is 85.8 Å². The second-order valence-electron chi connectivity index (χ2n) is 6.83. The zero-order chi connectivity index (χ0) is 22.0. The molecule has 0 aliphatic heterocycles. The Morgan fingerprint density at radius 3 is 2.61 bits per heavy atom. The molecule has 10 heteroatoms. The molecule has 158 valence electrons. The van der Waals surface area contributed by atoms with Gasteiger partial charge in [-0.15, -0.1) is 0 Å². The van der Waals surface area contributed by atoms with E-state index in [9.17, 15) is 18.0 Å². The first-order valence-corrected chi connectivity index (χ1v) is 9.20. The summed E-state index contributed by atoms with van der Waals surface area (Å²) >= 11 is 0. The maximum absolute atomic E-state index is 12.8. The summed E-state index contributed by atoms with van der Waals surface area (Å²) in [6.45, 7) is 1.95. The molecule has 2 aromatic carbocycles. The predicted molar refractivity (Wildman–Crippen MR) is 105 cm³/mol. The van der Waals surface area contributed by atoms with Gasteiger partial charge < -0.3 is 9.84 Å². The number of nitrogens with one attached hydrogen (secondary N) is 1. The molecule has 0 bridgehead atoms. The van der Waals surface area contributed by atoms with Crippen LogP contribution in [0.2, 0.25) is 0 Å². The van der Waals surface area contributed by atoms with Crippen LogP contribution in [0.5, 0.6) is 0 Å². The molecule has 4 rings (SSSR count). The van der Waals surface area contributed by atoms with Gasteiger partial charge in [-0.05, 0) is 55.0 Å². The van der Waals surface area contributed by atoms with Gasteiger partial charge in [0.15, 0.2) is 5.82 Å². The first kappa shape index (κ1) is 20.3. The molecule has 0 radical (unpaired) electrons. The van der Waals surface area contributed by atoms with E-state index in [0.29, 0.717) is 5.56 Å². The SMILES string of the molecule is Cc1cnn(-c2ccc(-c3nc(CC(=O)Nc4cccc(C(F)(F)F)c4)no3)cc2)c1. The number of rotatable bonds is 5. The minimum atomic E-state index is -4.49. The Morgan fingerprint density at radius 1 is 1.16 bits per heavy atom. The monoisotopic (exact) mass is 427 g/mol. The van der Waals surface area contributed by atoms with Crippen LogP contribution < -0.4 is 5.32 Å². The number of aryl methyl sites for hydroxylation is 1. The van der Waals surface area contributed by atoms with E-state index in [4.69, 9.17) is 4.52 Å². The largest absolute Gasteiger partial charge is 0.416 e. The van der Waals surface area contributed by atoms with Gasteiger partial charge in [-0.2, -0.15) is 23.3 Å². The van der Waals surface area contributed by atoms with Crippen LogP contribution in [0, 0.1) is 6.92 Å². The van der Waals surface area contributed by atoms with Crippen molar-refractivity contribution < 1.29 is 22.5 Å². The van der Waals surface area contributed by atoms with E-state index in [0.717, 1.165) is 23.4 Å². The number of carbonyl (C=O) groups excluding carboxylic acids is 1. The van der Waals surface area contributed by atoms with Crippen molar-refractivity contribution in [2.75, 3.05) is 5.32 Å². The minimum Gasteiger partial charge on any atom is -0.334 e. The number of amides is 1. The van der Waals surface area contributed by atoms with E-state index in [1.807, 2.05) is 25.3 Å². The minimum absolute atomic E-state index is 0.0352. The number of halogens is 3. The van der Waals surface area contributed by atoms with Crippen molar-refractivity contribution in [2.45, 2.75) is 19.5 Å². The van der Waals surface area contributed by atoms with Crippen molar-refractivity contribution in [3.63, 3.8) is 0 Å². The summed E-state index contributed by atoms with van der Waals surface area (Å²) in [5.74, 6) is -0.215. The second kappa shape index (κ2) is 8.05. The lowest BCUT2D eigenvalue weighted by molar-refractivity contribution is -0.137. The van der Waals surface area contributed by atoms with Crippen LogP contribution in [0.15, 0.2) is 65.4 Å². The normalized spacial score (nSPS) is 11.5. The quantitative estimate of drug-likeness (QED) is 0.509. The molecule has 7 nitrogen and oxygen atoms in total. The van der Waals surface area contributed by atoms with Crippen molar-refractivity contribution >= 4 is 11.6 Å². The summed E-state index contributed by atoms with van der Waals surface area (Å²) in [7, 11) is 0. The number of aromatic nitrogens is 4. The maximum atomic E-state index is 12.8. The Morgan fingerprint density at radius 2 is 1.94 bits per heavy atom. The van der Waals surface area contributed by atoms with Crippen LogP contribution in [-0.2, 0) is 17.4 Å². The molecule has 0 unspecified atom stereocenters. The lowest BCUT2D eigenvalue weighted by Crippen LogP contribution is -2.16. The molecule has 2 aromatic heterocycles. The summed E-state index contributed by atoms with van der Waals surface area (Å²) in [5.41, 5.74) is 1.74. The van der Waals surface area contributed by atoms with Crippen LogP contribution in [-0.4, -0.2) is 25.8 Å². The average molecular weight is 427 g/mol. The number of carbonyl (C=O) groups is 1. The lowest BCUT2D eigenvalue weighted by atomic mass is 10.2. The molecule has 0 saturated heterocycles. The smallest absolute Gasteiger partial charge is 0.334 e. The van der Waals surface area contributed by atoms with E-state index in [1.54, 1.807) is 23.0 Å². The number of anilines is 1. The first-order chi connectivity index (χ1) is 14.8. The highest BCUT2D eigenvalue weighted by Gasteiger charge is 2.30. The number of alkyl halides is 3.